The predicted molar refractivity (Wildman–Crippen MR) is 111 cm³/mol. The number of hydrogen-bond acceptors (Lipinski definition) is 4. The van der Waals surface area contributed by atoms with Gasteiger partial charge in [0.15, 0.2) is 0 Å². The fourth-order valence-electron chi connectivity index (χ4n) is 5.88. The molecule has 5 rings (SSSR count). The molecule has 152 valence electrons. The average Bonchev–Trinajstić information content (AvgIpc) is 3.37. The molecule has 2 aromatic rings. The maximum absolute atomic E-state index is 13.4. The fourth-order valence-corrected chi connectivity index (χ4v) is 5.88. The Bertz CT molecular complexity index is 823. The molecule has 1 saturated heterocycles. The summed E-state index contributed by atoms with van der Waals surface area (Å²) in [7, 11) is 0. The first-order valence-corrected chi connectivity index (χ1v) is 10.9. The van der Waals surface area contributed by atoms with Crippen molar-refractivity contribution in [2.45, 2.75) is 55.8 Å². The number of ether oxygens (including phenoxy) is 1. The van der Waals surface area contributed by atoms with E-state index < -0.39 is 11.6 Å². The zero-order valence-corrected chi connectivity index (χ0v) is 16.8. The van der Waals surface area contributed by atoms with Crippen molar-refractivity contribution in [2.75, 3.05) is 13.1 Å². The van der Waals surface area contributed by atoms with Gasteiger partial charge in [-0.15, -0.1) is 0 Å². The number of hydrogen-bond donors (Lipinski definition) is 1. The minimum Gasteiger partial charge on any atom is -0.460 e. The van der Waals surface area contributed by atoms with Crippen molar-refractivity contribution in [3.63, 3.8) is 0 Å². The number of fused-ring (bicyclic) bond motifs is 1. The normalized spacial score (nSPS) is 29.3. The molecular weight excluding hydrogens is 362 g/mol. The molecule has 2 aromatic carbocycles. The molecule has 3 fully saturated rings. The summed E-state index contributed by atoms with van der Waals surface area (Å²) >= 11 is 0. The Morgan fingerprint density at radius 2 is 1.59 bits per heavy atom. The number of likely N-dealkylation sites (tertiary alicyclic amines) is 1. The number of carbonyl (C=O) groups excluding carboxylic acids is 1. The van der Waals surface area contributed by atoms with E-state index in [2.05, 4.69) is 4.90 Å². The Kier molecular flexibility index (Phi) is 4.72. The van der Waals surface area contributed by atoms with Gasteiger partial charge in [0.05, 0.1) is 0 Å². The van der Waals surface area contributed by atoms with Gasteiger partial charge in [0, 0.05) is 12.0 Å². The van der Waals surface area contributed by atoms with E-state index in [0.29, 0.717) is 17.0 Å². The van der Waals surface area contributed by atoms with Gasteiger partial charge in [0.25, 0.3) is 0 Å². The van der Waals surface area contributed by atoms with E-state index >= 15 is 0 Å². The highest BCUT2D eigenvalue weighted by Crippen LogP contribution is 2.56. The van der Waals surface area contributed by atoms with Crippen molar-refractivity contribution < 1.29 is 14.6 Å². The number of carbonyl (C=O) groups is 1. The van der Waals surface area contributed by atoms with Crippen LogP contribution in [-0.2, 0) is 15.1 Å². The Hall–Kier alpha value is -2.17. The Morgan fingerprint density at radius 3 is 2.10 bits per heavy atom. The molecule has 1 aliphatic heterocycles. The average molecular weight is 392 g/mol. The third-order valence-corrected chi connectivity index (χ3v) is 7.50. The van der Waals surface area contributed by atoms with Gasteiger partial charge in [-0.25, -0.2) is 4.79 Å². The first kappa shape index (κ1) is 18.8. The molecule has 2 saturated carbocycles. The second kappa shape index (κ2) is 7.26. The molecule has 1 heterocycles. The fraction of sp³-hybridized carbons (Fsp3) is 0.480. The monoisotopic (exact) mass is 391 g/mol. The van der Waals surface area contributed by atoms with Crippen molar-refractivity contribution in [2.24, 2.45) is 5.92 Å². The van der Waals surface area contributed by atoms with Crippen LogP contribution in [0.3, 0.4) is 0 Å². The maximum Gasteiger partial charge on any atom is 0.347 e. The van der Waals surface area contributed by atoms with Gasteiger partial charge in [0.1, 0.15) is 6.10 Å². The summed E-state index contributed by atoms with van der Waals surface area (Å²) in [6.07, 6.45) is 6.71. The summed E-state index contributed by atoms with van der Waals surface area (Å²) in [5.74, 6) is 0.0673. The van der Waals surface area contributed by atoms with Gasteiger partial charge in [-0.3, -0.25) is 4.90 Å². The van der Waals surface area contributed by atoms with Crippen LogP contribution in [0.2, 0.25) is 0 Å². The maximum atomic E-state index is 13.4. The standard InChI is InChI=1S/C25H29NO3/c27-23(25(28,19-9-3-1-4-10-19)20-11-5-2-6-12-20)29-22-17-21-13-14-24(21,18-22)26-15-7-8-16-26/h1-6,9-12,21-22,28H,7-8,13-18H2. The molecule has 0 aromatic heterocycles. The number of rotatable bonds is 5. The highest BCUT2D eigenvalue weighted by atomic mass is 16.6. The summed E-state index contributed by atoms with van der Waals surface area (Å²) < 4.78 is 6.04. The molecule has 3 aliphatic rings. The van der Waals surface area contributed by atoms with Crippen molar-refractivity contribution in [1.82, 2.24) is 4.90 Å². The summed E-state index contributed by atoms with van der Waals surface area (Å²) in [4.78, 5) is 16.0. The number of benzene rings is 2. The predicted octanol–water partition coefficient (Wildman–Crippen LogP) is 3.87. The summed E-state index contributed by atoms with van der Waals surface area (Å²) in [6.45, 7) is 2.35. The van der Waals surface area contributed by atoms with Gasteiger partial charge in [0.2, 0.25) is 5.60 Å². The van der Waals surface area contributed by atoms with Gasteiger partial charge in [-0.2, -0.15) is 0 Å². The highest BCUT2D eigenvalue weighted by molar-refractivity contribution is 5.85. The van der Waals surface area contributed by atoms with E-state index in [1.807, 2.05) is 36.4 Å². The first-order chi connectivity index (χ1) is 14.1. The SMILES string of the molecule is O=C(OC1CC2CCC2(N2CCCC2)C1)C(O)(c1ccccc1)c1ccccc1. The van der Waals surface area contributed by atoms with Gasteiger partial charge >= 0.3 is 5.97 Å². The lowest BCUT2D eigenvalue weighted by molar-refractivity contribution is -0.168. The number of nitrogens with zero attached hydrogens (tertiary/aromatic N) is 1. The largest absolute Gasteiger partial charge is 0.460 e. The van der Waals surface area contributed by atoms with Gasteiger partial charge in [-0.1, -0.05) is 60.7 Å². The summed E-state index contributed by atoms with van der Waals surface area (Å²) in [6, 6.07) is 18.3. The number of esters is 1. The number of aliphatic hydroxyl groups is 1. The lowest BCUT2D eigenvalue weighted by atomic mass is 9.68. The Morgan fingerprint density at radius 1 is 1.00 bits per heavy atom. The van der Waals surface area contributed by atoms with E-state index in [1.54, 1.807) is 24.3 Å². The third kappa shape index (κ3) is 3.01. The van der Waals surface area contributed by atoms with Gasteiger partial charge in [-0.05, 0) is 62.2 Å². The third-order valence-electron chi connectivity index (χ3n) is 7.50. The van der Waals surface area contributed by atoms with Crippen LogP contribution < -0.4 is 0 Å². The zero-order chi connectivity index (χ0) is 19.9. The Labute approximate surface area is 172 Å². The minimum absolute atomic E-state index is 0.116. The first-order valence-electron chi connectivity index (χ1n) is 10.9. The van der Waals surface area contributed by atoms with E-state index in [0.717, 1.165) is 12.8 Å². The lowest BCUT2D eigenvalue weighted by Crippen LogP contribution is -2.56. The zero-order valence-electron chi connectivity index (χ0n) is 16.8. The molecule has 3 atom stereocenters. The van der Waals surface area contributed by atoms with Crippen LogP contribution in [0.5, 0.6) is 0 Å². The van der Waals surface area contributed by atoms with Crippen LogP contribution in [0.1, 0.15) is 49.7 Å². The van der Waals surface area contributed by atoms with Crippen molar-refractivity contribution >= 4 is 5.97 Å². The van der Waals surface area contributed by atoms with Crippen LogP contribution in [-0.4, -0.2) is 40.7 Å². The van der Waals surface area contributed by atoms with Crippen LogP contribution >= 0.6 is 0 Å². The quantitative estimate of drug-likeness (QED) is 0.786. The minimum atomic E-state index is -1.79. The lowest BCUT2D eigenvalue weighted by Gasteiger charge is -2.51. The summed E-state index contributed by atoms with van der Waals surface area (Å²) in [5, 5.41) is 11.6. The molecular formula is C25H29NO3. The van der Waals surface area contributed by atoms with E-state index in [1.165, 1.54) is 38.8 Å². The molecule has 4 nitrogen and oxygen atoms in total. The molecule has 0 amide bonds. The van der Waals surface area contributed by atoms with Crippen LogP contribution in [0, 0.1) is 5.92 Å². The molecule has 0 spiro atoms. The van der Waals surface area contributed by atoms with Crippen molar-refractivity contribution in [3.05, 3.63) is 71.8 Å². The molecule has 2 aliphatic carbocycles. The second-order valence-electron chi connectivity index (χ2n) is 8.94. The second-order valence-corrected chi connectivity index (χ2v) is 8.94. The van der Waals surface area contributed by atoms with Crippen molar-refractivity contribution in [1.29, 1.82) is 0 Å². The smallest absolute Gasteiger partial charge is 0.347 e. The molecule has 4 heteroatoms. The molecule has 29 heavy (non-hydrogen) atoms. The summed E-state index contributed by atoms with van der Waals surface area (Å²) in [5.41, 5.74) is -0.456. The van der Waals surface area contributed by atoms with Gasteiger partial charge < -0.3 is 9.84 Å². The Balaban J connectivity index is 1.39. The molecule has 3 unspecified atom stereocenters. The van der Waals surface area contributed by atoms with Crippen LogP contribution in [0.25, 0.3) is 0 Å². The van der Waals surface area contributed by atoms with E-state index in [-0.39, 0.29) is 11.6 Å². The van der Waals surface area contributed by atoms with Crippen molar-refractivity contribution in [3.8, 4) is 0 Å². The molecule has 0 bridgehead atoms. The molecule has 0 radical (unpaired) electrons. The van der Waals surface area contributed by atoms with Crippen LogP contribution in [0.4, 0.5) is 0 Å². The van der Waals surface area contributed by atoms with E-state index in [4.69, 9.17) is 4.74 Å². The van der Waals surface area contributed by atoms with Crippen LogP contribution in [0.15, 0.2) is 60.7 Å². The van der Waals surface area contributed by atoms with E-state index in [9.17, 15) is 9.90 Å². The highest BCUT2D eigenvalue weighted by Gasteiger charge is 2.58. The molecule has 1 N–H and O–H groups in total. The topological polar surface area (TPSA) is 49.8 Å².